The molecular formula is C7H10N2OS. The van der Waals surface area contributed by atoms with Crippen LogP contribution in [0.2, 0.25) is 0 Å². The molecule has 11 heavy (non-hydrogen) atoms. The lowest BCUT2D eigenvalue weighted by Gasteiger charge is -2.06. The maximum absolute atomic E-state index is 11.2. The highest BCUT2D eigenvalue weighted by Crippen LogP contribution is 2.15. The van der Waals surface area contributed by atoms with Crippen LogP contribution in [0.1, 0.15) is 14.5 Å². The van der Waals surface area contributed by atoms with Crippen molar-refractivity contribution in [2.75, 3.05) is 7.05 Å². The van der Waals surface area contributed by atoms with E-state index in [0.717, 1.165) is 9.89 Å². The van der Waals surface area contributed by atoms with Crippen LogP contribution in [0.4, 0.5) is 0 Å². The van der Waals surface area contributed by atoms with Crippen LogP contribution in [-0.4, -0.2) is 18.0 Å². The van der Waals surface area contributed by atoms with Gasteiger partial charge in [0.1, 0.15) is 0 Å². The van der Waals surface area contributed by atoms with Crippen molar-refractivity contribution in [3.05, 3.63) is 21.9 Å². The van der Waals surface area contributed by atoms with Gasteiger partial charge in [0.2, 0.25) is 0 Å². The van der Waals surface area contributed by atoms with E-state index in [2.05, 4.69) is 0 Å². The molecule has 0 aromatic carbocycles. The van der Waals surface area contributed by atoms with Crippen molar-refractivity contribution in [3.63, 3.8) is 0 Å². The number of thiophene rings is 1. The molecule has 1 aromatic rings. The van der Waals surface area contributed by atoms with E-state index in [0.29, 0.717) is 4.88 Å². The zero-order valence-electron chi connectivity index (χ0n) is 6.50. The number of nitrogens with zero attached hydrogens (tertiary/aromatic N) is 1. The molecule has 0 radical (unpaired) electrons. The van der Waals surface area contributed by atoms with Gasteiger partial charge in [-0.1, -0.05) is 0 Å². The lowest BCUT2D eigenvalue weighted by Crippen LogP contribution is -2.32. The Labute approximate surface area is 69.4 Å². The summed E-state index contributed by atoms with van der Waals surface area (Å²) in [7, 11) is 1.54. The number of hydrogen-bond acceptors (Lipinski definition) is 3. The quantitative estimate of drug-likeness (QED) is 0.388. The minimum absolute atomic E-state index is 0.136. The number of nitrogens with two attached hydrogens (primary N) is 1. The van der Waals surface area contributed by atoms with Gasteiger partial charge in [-0.05, 0) is 19.1 Å². The third kappa shape index (κ3) is 1.78. The molecule has 3 nitrogen and oxygen atoms in total. The molecular weight excluding hydrogens is 160 g/mol. The standard InChI is InChI=1S/C7H10N2OS/c1-5-3-4-6(11-5)7(10)9(2)8/h3-4H,8H2,1-2H3. The Kier molecular flexibility index (Phi) is 2.26. The number of carbonyl (C=O) groups excluding carboxylic acids is 1. The summed E-state index contributed by atoms with van der Waals surface area (Å²) in [6.45, 7) is 1.96. The summed E-state index contributed by atoms with van der Waals surface area (Å²) in [5, 5.41) is 1.09. The normalized spacial score (nSPS) is 9.73. The maximum atomic E-state index is 11.2. The fourth-order valence-corrected chi connectivity index (χ4v) is 1.57. The molecule has 1 rings (SSSR count). The van der Waals surface area contributed by atoms with Gasteiger partial charge in [0, 0.05) is 11.9 Å². The molecule has 0 aliphatic rings. The zero-order valence-corrected chi connectivity index (χ0v) is 7.31. The third-order valence-electron chi connectivity index (χ3n) is 1.27. The Morgan fingerprint density at radius 2 is 2.27 bits per heavy atom. The lowest BCUT2D eigenvalue weighted by molar-refractivity contribution is 0.0800. The molecule has 0 unspecified atom stereocenters. The first-order valence-electron chi connectivity index (χ1n) is 3.20. The van der Waals surface area contributed by atoms with Gasteiger partial charge >= 0.3 is 0 Å². The van der Waals surface area contributed by atoms with E-state index < -0.39 is 0 Å². The second-order valence-electron chi connectivity index (χ2n) is 2.33. The van der Waals surface area contributed by atoms with Crippen molar-refractivity contribution in [3.8, 4) is 0 Å². The number of aryl methyl sites for hydroxylation is 1. The summed E-state index contributed by atoms with van der Waals surface area (Å²) in [5.41, 5.74) is 0. The molecule has 1 amide bonds. The fourth-order valence-electron chi connectivity index (χ4n) is 0.723. The molecule has 0 spiro atoms. The number of amides is 1. The number of carbonyl (C=O) groups is 1. The zero-order chi connectivity index (χ0) is 8.43. The molecule has 4 heteroatoms. The Balaban J connectivity index is 2.85. The summed E-state index contributed by atoms with van der Waals surface area (Å²) in [5.74, 6) is 5.13. The van der Waals surface area contributed by atoms with Gasteiger partial charge in [-0.2, -0.15) is 0 Å². The summed E-state index contributed by atoms with van der Waals surface area (Å²) in [6.07, 6.45) is 0. The van der Waals surface area contributed by atoms with E-state index in [1.165, 1.54) is 18.4 Å². The monoisotopic (exact) mass is 170 g/mol. The average molecular weight is 170 g/mol. The van der Waals surface area contributed by atoms with Crippen molar-refractivity contribution in [1.29, 1.82) is 0 Å². The van der Waals surface area contributed by atoms with Crippen molar-refractivity contribution in [1.82, 2.24) is 5.01 Å². The Morgan fingerprint density at radius 3 is 2.64 bits per heavy atom. The largest absolute Gasteiger partial charge is 0.279 e. The predicted octanol–water partition coefficient (Wildman–Crippen LogP) is 1.00. The van der Waals surface area contributed by atoms with Crippen LogP contribution in [0.3, 0.4) is 0 Å². The SMILES string of the molecule is Cc1ccc(C(=O)N(C)N)s1. The average Bonchev–Trinajstić information content (AvgIpc) is 2.34. The van der Waals surface area contributed by atoms with E-state index in [9.17, 15) is 4.79 Å². The molecule has 0 saturated carbocycles. The van der Waals surface area contributed by atoms with Crippen LogP contribution in [0.5, 0.6) is 0 Å². The molecule has 0 fully saturated rings. The number of rotatable bonds is 1. The molecule has 0 atom stereocenters. The molecule has 60 valence electrons. The summed E-state index contributed by atoms with van der Waals surface area (Å²) < 4.78 is 0. The molecule has 2 N–H and O–H groups in total. The topological polar surface area (TPSA) is 46.3 Å². The van der Waals surface area contributed by atoms with Crippen LogP contribution in [0.25, 0.3) is 0 Å². The first-order chi connectivity index (χ1) is 5.11. The van der Waals surface area contributed by atoms with Crippen LogP contribution in [0, 0.1) is 6.92 Å². The van der Waals surface area contributed by atoms with Gasteiger partial charge < -0.3 is 0 Å². The van der Waals surface area contributed by atoms with Gasteiger partial charge in [0.15, 0.2) is 0 Å². The molecule has 1 aromatic heterocycles. The molecule has 0 aliphatic carbocycles. The third-order valence-corrected chi connectivity index (χ3v) is 2.26. The molecule has 0 saturated heterocycles. The minimum atomic E-state index is -0.136. The second-order valence-corrected chi connectivity index (χ2v) is 3.61. The first kappa shape index (κ1) is 8.23. The van der Waals surface area contributed by atoms with Gasteiger partial charge in [0.05, 0.1) is 4.88 Å². The van der Waals surface area contributed by atoms with E-state index in [4.69, 9.17) is 5.84 Å². The highest BCUT2D eigenvalue weighted by Gasteiger charge is 2.09. The summed E-state index contributed by atoms with van der Waals surface area (Å²) in [6, 6.07) is 3.69. The van der Waals surface area contributed by atoms with Gasteiger partial charge in [-0.15, -0.1) is 11.3 Å². The van der Waals surface area contributed by atoms with E-state index >= 15 is 0 Å². The van der Waals surface area contributed by atoms with Gasteiger partial charge in [-0.3, -0.25) is 9.80 Å². The predicted molar refractivity (Wildman–Crippen MR) is 45.3 cm³/mol. The Hall–Kier alpha value is -0.870. The Morgan fingerprint density at radius 1 is 1.64 bits per heavy atom. The summed E-state index contributed by atoms with van der Waals surface area (Å²) >= 11 is 1.45. The minimum Gasteiger partial charge on any atom is -0.279 e. The lowest BCUT2D eigenvalue weighted by atomic mass is 10.4. The van der Waals surface area contributed by atoms with Crippen LogP contribution >= 0.6 is 11.3 Å². The van der Waals surface area contributed by atoms with Crippen LogP contribution < -0.4 is 5.84 Å². The number of hydrogen-bond donors (Lipinski definition) is 1. The van der Waals surface area contributed by atoms with E-state index in [-0.39, 0.29) is 5.91 Å². The Bertz CT molecular complexity index is 267. The fraction of sp³-hybridized carbons (Fsp3) is 0.286. The second kappa shape index (κ2) is 3.02. The summed E-state index contributed by atoms with van der Waals surface area (Å²) in [4.78, 5) is 13.0. The van der Waals surface area contributed by atoms with Crippen molar-refractivity contribution < 1.29 is 4.79 Å². The van der Waals surface area contributed by atoms with E-state index in [1.807, 2.05) is 13.0 Å². The smallest absolute Gasteiger partial charge is 0.277 e. The van der Waals surface area contributed by atoms with Crippen molar-refractivity contribution in [2.24, 2.45) is 5.84 Å². The maximum Gasteiger partial charge on any atom is 0.277 e. The van der Waals surface area contributed by atoms with E-state index in [1.54, 1.807) is 6.07 Å². The number of hydrazine groups is 1. The van der Waals surface area contributed by atoms with Gasteiger partial charge in [0.25, 0.3) is 5.91 Å². The van der Waals surface area contributed by atoms with Crippen LogP contribution in [0.15, 0.2) is 12.1 Å². The molecule has 0 aliphatic heterocycles. The van der Waals surface area contributed by atoms with Crippen molar-refractivity contribution in [2.45, 2.75) is 6.92 Å². The first-order valence-corrected chi connectivity index (χ1v) is 4.02. The van der Waals surface area contributed by atoms with Crippen molar-refractivity contribution >= 4 is 17.2 Å². The molecule has 1 heterocycles. The highest BCUT2D eigenvalue weighted by molar-refractivity contribution is 7.13. The van der Waals surface area contributed by atoms with Gasteiger partial charge in [-0.25, -0.2) is 5.84 Å². The molecule has 0 bridgehead atoms. The van der Waals surface area contributed by atoms with Crippen LogP contribution in [-0.2, 0) is 0 Å². The highest BCUT2D eigenvalue weighted by atomic mass is 32.1.